The summed E-state index contributed by atoms with van der Waals surface area (Å²) in [4.78, 5) is 46.9. The van der Waals surface area contributed by atoms with Crippen molar-refractivity contribution in [3.8, 4) is 11.4 Å². The molecule has 55 heavy (non-hydrogen) atoms. The molecule has 8 rings (SSSR count). The first-order valence-electron chi connectivity index (χ1n) is 18.9. The van der Waals surface area contributed by atoms with Crippen molar-refractivity contribution < 1.29 is 24.2 Å². The number of benzene rings is 4. The molecule has 1 N–H and O–H groups in total. The van der Waals surface area contributed by atoms with Gasteiger partial charge in [0.15, 0.2) is 5.60 Å². The van der Waals surface area contributed by atoms with Crippen molar-refractivity contribution in [2.24, 2.45) is 5.92 Å². The molecule has 1 saturated heterocycles. The van der Waals surface area contributed by atoms with E-state index in [0.717, 1.165) is 27.4 Å². The lowest BCUT2D eigenvalue weighted by atomic mass is 9.82. The Morgan fingerprint density at radius 1 is 1.04 bits per heavy atom. The van der Waals surface area contributed by atoms with E-state index < -0.39 is 19.8 Å². The van der Waals surface area contributed by atoms with Crippen LogP contribution >= 0.6 is 0 Å². The van der Waals surface area contributed by atoms with Crippen LogP contribution in [0.15, 0.2) is 115 Å². The molecular formula is C44H46N4O6Si. The number of methoxy groups -OCH3 is 1. The SMILES string of the molecule is C=CCN1C(=O)[C@]2(O[C@H](CC(=O)N3Cc4ccccc4C[C@H]3CO)[C@@H]([Si](C)(C)c3ccc(OC)cc3)[C@@H]2C)c2cc(-n3ncc4ccccc4c3=O)ccc21. The van der Waals surface area contributed by atoms with E-state index in [9.17, 15) is 14.7 Å². The van der Waals surface area contributed by atoms with E-state index in [1.807, 2.05) is 66.7 Å². The van der Waals surface area contributed by atoms with Crippen molar-refractivity contribution in [3.63, 3.8) is 0 Å². The summed E-state index contributed by atoms with van der Waals surface area (Å²) in [6, 6.07) is 28.6. The van der Waals surface area contributed by atoms with Crippen molar-refractivity contribution in [1.29, 1.82) is 0 Å². The second-order valence-electron chi connectivity index (χ2n) is 15.5. The van der Waals surface area contributed by atoms with E-state index in [1.54, 1.807) is 35.2 Å². The standard InChI is InChI=1S/C44H46N4O6Si/c1-6-21-46-38-20-15-32(48-42(51)36-14-10-9-12-30(36)25-45-48)23-37(38)44(43(46)52)28(2)41(55(4,5)35-18-16-34(53-3)17-19-35)39(54-44)24-40(50)47-26-31-13-8-7-11-29(31)22-33(47)27-49/h6-20,23,25,28,33,39,41,49H,1,21-22,24,26-27H2,2-5H3/t28-,33-,39+,41-,44+/m0/s1. The fourth-order valence-electron chi connectivity index (χ4n) is 9.55. The topological polar surface area (TPSA) is 114 Å². The fourth-order valence-corrected chi connectivity index (χ4v) is 13.6. The molecule has 1 fully saturated rings. The van der Waals surface area contributed by atoms with Gasteiger partial charge in [0, 0.05) is 30.0 Å². The van der Waals surface area contributed by atoms with Gasteiger partial charge in [0.2, 0.25) is 5.91 Å². The minimum absolute atomic E-state index is 0.0391. The summed E-state index contributed by atoms with van der Waals surface area (Å²) in [5.74, 6) is 0.0346. The number of fused-ring (bicyclic) bond motifs is 4. The van der Waals surface area contributed by atoms with Gasteiger partial charge in [0.05, 0.1) is 63.3 Å². The second-order valence-corrected chi connectivity index (χ2v) is 20.2. The van der Waals surface area contributed by atoms with Gasteiger partial charge in [0.1, 0.15) is 5.75 Å². The number of amides is 2. The first kappa shape index (κ1) is 36.6. The largest absolute Gasteiger partial charge is 0.497 e. The predicted molar refractivity (Wildman–Crippen MR) is 216 cm³/mol. The number of hydrogen-bond acceptors (Lipinski definition) is 7. The Bertz CT molecular complexity index is 2380. The zero-order valence-electron chi connectivity index (χ0n) is 31.6. The van der Waals surface area contributed by atoms with Crippen LogP contribution in [0.4, 0.5) is 5.69 Å². The van der Waals surface area contributed by atoms with Crippen LogP contribution in [-0.2, 0) is 32.9 Å². The Kier molecular flexibility index (Phi) is 9.35. The van der Waals surface area contributed by atoms with Crippen molar-refractivity contribution in [2.75, 3.05) is 25.2 Å². The minimum atomic E-state index is -2.57. The van der Waals surface area contributed by atoms with Gasteiger partial charge in [-0.1, -0.05) is 85.9 Å². The molecule has 282 valence electrons. The van der Waals surface area contributed by atoms with Crippen LogP contribution in [0, 0.1) is 5.92 Å². The van der Waals surface area contributed by atoms with E-state index in [2.05, 4.69) is 49.9 Å². The number of rotatable bonds is 9. The summed E-state index contributed by atoms with van der Waals surface area (Å²) < 4.78 is 14.1. The third-order valence-electron chi connectivity index (χ3n) is 12.3. The summed E-state index contributed by atoms with van der Waals surface area (Å²) in [6.45, 7) is 11.1. The molecule has 0 bridgehead atoms. The van der Waals surface area contributed by atoms with Gasteiger partial charge in [-0.2, -0.15) is 9.78 Å². The Morgan fingerprint density at radius 2 is 1.76 bits per heavy atom. The number of carbonyl (C=O) groups is 2. The number of hydrogen-bond donors (Lipinski definition) is 1. The van der Waals surface area contributed by atoms with Gasteiger partial charge in [-0.25, -0.2) is 0 Å². The molecule has 4 heterocycles. The first-order valence-corrected chi connectivity index (χ1v) is 22.0. The monoisotopic (exact) mass is 754 g/mol. The van der Waals surface area contributed by atoms with Crippen molar-refractivity contribution in [1.82, 2.24) is 14.7 Å². The lowest BCUT2D eigenvalue weighted by molar-refractivity contribution is -0.150. The minimum Gasteiger partial charge on any atom is -0.497 e. The lowest BCUT2D eigenvalue weighted by Gasteiger charge is -2.39. The summed E-state index contributed by atoms with van der Waals surface area (Å²) in [7, 11) is -0.927. The molecule has 3 aliphatic heterocycles. The molecule has 3 aliphatic rings. The highest BCUT2D eigenvalue weighted by molar-refractivity contribution is 6.91. The van der Waals surface area contributed by atoms with E-state index >= 15 is 4.79 Å². The summed E-state index contributed by atoms with van der Waals surface area (Å²) >= 11 is 0. The molecule has 1 spiro atoms. The van der Waals surface area contributed by atoms with E-state index in [1.165, 1.54) is 4.68 Å². The number of carbonyl (C=O) groups excluding carboxylic acids is 2. The maximum absolute atomic E-state index is 15.1. The highest BCUT2D eigenvalue weighted by Gasteiger charge is 2.66. The molecule has 5 atom stereocenters. The van der Waals surface area contributed by atoms with Gasteiger partial charge < -0.3 is 24.4 Å². The number of anilines is 1. The Balaban J connectivity index is 1.25. The number of aliphatic hydroxyl groups excluding tert-OH is 1. The molecule has 4 aromatic carbocycles. The van der Waals surface area contributed by atoms with Crippen LogP contribution < -0.4 is 20.4 Å². The maximum Gasteiger partial charge on any atom is 0.279 e. The molecule has 0 unspecified atom stereocenters. The number of aliphatic hydroxyl groups is 1. The maximum atomic E-state index is 15.1. The van der Waals surface area contributed by atoms with E-state index in [4.69, 9.17) is 9.47 Å². The Hall–Kier alpha value is -5.36. The van der Waals surface area contributed by atoms with Gasteiger partial charge in [-0.15, -0.1) is 6.58 Å². The molecule has 0 aliphatic carbocycles. The van der Waals surface area contributed by atoms with Crippen LogP contribution in [0.3, 0.4) is 0 Å². The molecular weight excluding hydrogens is 709 g/mol. The molecule has 0 radical (unpaired) electrons. The van der Waals surface area contributed by atoms with Gasteiger partial charge >= 0.3 is 0 Å². The molecule has 5 aromatic rings. The lowest BCUT2D eigenvalue weighted by Crippen LogP contribution is -2.52. The average Bonchev–Trinajstić information content (AvgIpc) is 3.63. The third-order valence-corrected chi connectivity index (χ3v) is 16.7. The smallest absolute Gasteiger partial charge is 0.279 e. The highest BCUT2D eigenvalue weighted by Crippen LogP contribution is 2.60. The molecule has 10 nitrogen and oxygen atoms in total. The average molecular weight is 755 g/mol. The molecule has 1 aromatic heterocycles. The Labute approximate surface area is 321 Å². The summed E-state index contributed by atoms with van der Waals surface area (Å²) in [6.07, 6.45) is 3.34. The summed E-state index contributed by atoms with van der Waals surface area (Å²) in [5.41, 5.74) is 2.11. The van der Waals surface area contributed by atoms with Crippen molar-refractivity contribution >= 4 is 41.5 Å². The van der Waals surface area contributed by atoms with Crippen LogP contribution in [0.25, 0.3) is 16.5 Å². The Morgan fingerprint density at radius 3 is 2.49 bits per heavy atom. The van der Waals surface area contributed by atoms with E-state index in [-0.39, 0.29) is 54.4 Å². The first-order chi connectivity index (χ1) is 26.5. The summed E-state index contributed by atoms with van der Waals surface area (Å²) in [5, 5.41) is 17.4. The fraction of sp³-hybridized carbons (Fsp3) is 0.318. The van der Waals surface area contributed by atoms with Crippen LogP contribution in [0.2, 0.25) is 18.6 Å². The normalized spacial score (nSPS) is 23.3. The van der Waals surface area contributed by atoms with Crippen molar-refractivity contribution in [3.05, 3.63) is 137 Å². The quantitative estimate of drug-likeness (QED) is 0.157. The number of aromatic nitrogens is 2. The number of nitrogens with zero attached hydrogens (tertiary/aromatic N) is 4. The van der Waals surface area contributed by atoms with Gasteiger partial charge in [-0.05, 0) is 59.5 Å². The van der Waals surface area contributed by atoms with Crippen LogP contribution in [0.1, 0.15) is 30.0 Å². The van der Waals surface area contributed by atoms with Crippen LogP contribution in [0.5, 0.6) is 5.75 Å². The van der Waals surface area contributed by atoms with Gasteiger partial charge in [0.25, 0.3) is 11.5 Å². The zero-order valence-corrected chi connectivity index (χ0v) is 32.6. The van der Waals surface area contributed by atoms with Crippen molar-refractivity contribution in [2.45, 2.75) is 62.7 Å². The number of ether oxygens (including phenoxy) is 2. The third kappa shape index (κ3) is 5.84. The van der Waals surface area contributed by atoms with Crippen LogP contribution in [-0.4, -0.2) is 72.1 Å². The molecule has 0 saturated carbocycles. The van der Waals surface area contributed by atoms with Gasteiger partial charge in [-0.3, -0.25) is 14.4 Å². The predicted octanol–water partition coefficient (Wildman–Crippen LogP) is 5.48. The zero-order chi connectivity index (χ0) is 38.6. The second kappa shape index (κ2) is 14.0. The highest BCUT2D eigenvalue weighted by atomic mass is 28.3. The van der Waals surface area contributed by atoms with E-state index in [0.29, 0.717) is 35.3 Å². The molecule has 2 amide bonds. The molecule has 11 heteroatoms.